The molecule has 0 aliphatic rings. The van der Waals surface area contributed by atoms with Crippen LogP contribution in [0.3, 0.4) is 0 Å². The lowest BCUT2D eigenvalue weighted by molar-refractivity contribution is -0.387. The molecule has 0 bridgehead atoms. The van der Waals surface area contributed by atoms with Gasteiger partial charge in [0.15, 0.2) is 4.90 Å². The summed E-state index contributed by atoms with van der Waals surface area (Å²) in [5, 5.41) is 11.2. The van der Waals surface area contributed by atoms with E-state index in [0.29, 0.717) is 11.6 Å². The molecule has 0 atom stereocenters. The highest BCUT2D eigenvalue weighted by Crippen LogP contribution is 2.30. The Bertz CT molecular complexity index is 874. The number of anilines is 1. The SMILES string of the molecule is C=CCN(c1ccc(C(C)C)cc1)S(=O)(=O)c1ccccc1[N+](=O)[O-]. The maximum absolute atomic E-state index is 13.0. The monoisotopic (exact) mass is 360 g/mol. The van der Waals surface area contributed by atoms with Crippen LogP contribution in [0.25, 0.3) is 0 Å². The number of sulfonamides is 1. The average molecular weight is 360 g/mol. The van der Waals surface area contributed by atoms with Gasteiger partial charge in [0.05, 0.1) is 17.2 Å². The van der Waals surface area contributed by atoms with Crippen molar-refractivity contribution in [1.29, 1.82) is 0 Å². The summed E-state index contributed by atoms with van der Waals surface area (Å²) in [6, 6.07) is 12.4. The number of nitro benzene ring substituents is 1. The summed E-state index contributed by atoms with van der Waals surface area (Å²) in [5.74, 6) is 0.314. The second-order valence-electron chi connectivity index (χ2n) is 5.80. The van der Waals surface area contributed by atoms with E-state index in [0.717, 1.165) is 9.87 Å². The van der Waals surface area contributed by atoms with Gasteiger partial charge in [0.2, 0.25) is 0 Å². The van der Waals surface area contributed by atoms with E-state index in [9.17, 15) is 18.5 Å². The fraction of sp³-hybridized carbons (Fsp3) is 0.222. The molecule has 2 rings (SSSR count). The van der Waals surface area contributed by atoms with Gasteiger partial charge in [-0.05, 0) is 29.7 Å². The molecule has 0 radical (unpaired) electrons. The molecule has 7 heteroatoms. The number of rotatable bonds is 7. The van der Waals surface area contributed by atoms with Gasteiger partial charge in [-0.2, -0.15) is 0 Å². The first kappa shape index (κ1) is 18.7. The third kappa shape index (κ3) is 3.88. The first-order valence-electron chi connectivity index (χ1n) is 7.76. The fourth-order valence-electron chi connectivity index (χ4n) is 2.43. The number of benzene rings is 2. The van der Waals surface area contributed by atoms with Crippen molar-refractivity contribution in [2.24, 2.45) is 0 Å². The van der Waals surface area contributed by atoms with Crippen LogP contribution in [-0.2, 0) is 10.0 Å². The van der Waals surface area contributed by atoms with E-state index in [1.807, 2.05) is 26.0 Å². The number of nitrogens with zero attached hydrogens (tertiary/aromatic N) is 2. The lowest BCUT2D eigenvalue weighted by Gasteiger charge is -2.23. The maximum atomic E-state index is 13.0. The molecule has 2 aromatic rings. The summed E-state index contributed by atoms with van der Waals surface area (Å²) in [6.07, 6.45) is 1.45. The number of para-hydroxylation sites is 1. The van der Waals surface area contributed by atoms with Crippen LogP contribution in [0.1, 0.15) is 25.3 Å². The Balaban J connectivity index is 2.56. The summed E-state index contributed by atoms with van der Waals surface area (Å²) >= 11 is 0. The van der Waals surface area contributed by atoms with Crippen molar-refractivity contribution in [3.8, 4) is 0 Å². The molecule has 0 saturated carbocycles. The predicted octanol–water partition coefficient (Wildman–Crippen LogP) is 4.10. The third-order valence-electron chi connectivity index (χ3n) is 3.77. The number of nitro groups is 1. The second kappa shape index (κ2) is 7.48. The molecular formula is C18H20N2O4S. The molecular weight excluding hydrogens is 340 g/mol. The molecule has 0 spiro atoms. The highest BCUT2D eigenvalue weighted by atomic mass is 32.2. The van der Waals surface area contributed by atoms with Crippen LogP contribution in [-0.4, -0.2) is 19.9 Å². The van der Waals surface area contributed by atoms with Gasteiger partial charge in [-0.1, -0.05) is 44.2 Å². The van der Waals surface area contributed by atoms with Gasteiger partial charge in [0.1, 0.15) is 0 Å². The van der Waals surface area contributed by atoms with E-state index in [1.165, 1.54) is 30.3 Å². The topological polar surface area (TPSA) is 80.5 Å². The molecule has 0 fully saturated rings. The normalized spacial score (nSPS) is 11.3. The zero-order chi connectivity index (χ0) is 18.6. The van der Waals surface area contributed by atoms with Crippen LogP contribution in [0.15, 0.2) is 66.1 Å². The fourth-order valence-corrected chi connectivity index (χ4v) is 4.03. The first-order chi connectivity index (χ1) is 11.8. The van der Waals surface area contributed by atoms with Gasteiger partial charge >= 0.3 is 0 Å². The minimum absolute atomic E-state index is 0.00933. The van der Waals surface area contributed by atoms with Crippen LogP contribution < -0.4 is 4.31 Å². The zero-order valence-electron chi connectivity index (χ0n) is 14.1. The Hall–Kier alpha value is -2.67. The molecule has 0 amide bonds. The van der Waals surface area contributed by atoms with E-state index in [1.54, 1.807) is 12.1 Å². The van der Waals surface area contributed by atoms with Crippen molar-refractivity contribution in [1.82, 2.24) is 0 Å². The van der Waals surface area contributed by atoms with Gasteiger partial charge < -0.3 is 0 Å². The largest absolute Gasteiger partial charge is 0.289 e. The van der Waals surface area contributed by atoms with Crippen LogP contribution in [0.2, 0.25) is 0 Å². The van der Waals surface area contributed by atoms with Crippen LogP contribution in [0.5, 0.6) is 0 Å². The number of hydrogen-bond donors (Lipinski definition) is 0. The van der Waals surface area contributed by atoms with E-state index >= 15 is 0 Å². The Morgan fingerprint density at radius 3 is 2.28 bits per heavy atom. The molecule has 132 valence electrons. The second-order valence-corrected chi connectivity index (χ2v) is 7.63. The Kier molecular flexibility index (Phi) is 5.58. The van der Waals surface area contributed by atoms with Gasteiger partial charge in [0.25, 0.3) is 15.7 Å². The minimum atomic E-state index is -4.10. The Morgan fingerprint density at radius 1 is 1.16 bits per heavy atom. The molecule has 25 heavy (non-hydrogen) atoms. The third-order valence-corrected chi connectivity index (χ3v) is 5.61. The minimum Gasteiger partial charge on any atom is -0.262 e. The van der Waals surface area contributed by atoms with Gasteiger partial charge in [-0.3, -0.25) is 14.4 Å². The molecule has 2 aromatic carbocycles. The summed E-state index contributed by atoms with van der Waals surface area (Å²) in [6.45, 7) is 7.69. The summed E-state index contributed by atoms with van der Waals surface area (Å²) in [4.78, 5) is 10.2. The highest BCUT2D eigenvalue weighted by Gasteiger charge is 2.31. The van der Waals surface area contributed by atoms with E-state index < -0.39 is 20.6 Å². The molecule has 0 aliphatic carbocycles. The zero-order valence-corrected chi connectivity index (χ0v) is 14.9. The lowest BCUT2D eigenvalue weighted by atomic mass is 10.0. The van der Waals surface area contributed by atoms with Gasteiger partial charge in [-0.25, -0.2) is 8.42 Å². The Morgan fingerprint density at radius 2 is 1.76 bits per heavy atom. The average Bonchev–Trinajstić information content (AvgIpc) is 2.59. The first-order valence-corrected chi connectivity index (χ1v) is 9.20. The van der Waals surface area contributed by atoms with E-state index in [2.05, 4.69) is 6.58 Å². The molecule has 0 saturated heterocycles. The van der Waals surface area contributed by atoms with Crippen molar-refractivity contribution in [3.05, 3.63) is 76.9 Å². The standard InChI is InChI=1S/C18H20N2O4S/c1-4-13-19(16-11-9-15(10-12-16)14(2)3)25(23,24)18-8-6-5-7-17(18)20(21)22/h4-12,14H,1,13H2,2-3H3. The molecule has 6 nitrogen and oxygen atoms in total. The molecule has 0 aliphatic heterocycles. The van der Waals surface area contributed by atoms with E-state index in [4.69, 9.17) is 0 Å². The summed E-state index contributed by atoms with van der Waals surface area (Å²) < 4.78 is 27.2. The Labute approximate surface area is 147 Å². The van der Waals surface area contributed by atoms with E-state index in [-0.39, 0.29) is 11.4 Å². The molecule has 0 aromatic heterocycles. The van der Waals surface area contributed by atoms with Crippen LogP contribution in [0.4, 0.5) is 11.4 Å². The lowest BCUT2D eigenvalue weighted by Crippen LogP contribution is -2.31. The summed E-state index contributed by atoms with van der Waals surface area (Å²) in [7, 11) is -4.10. The van der Waals surface area contributed by atoms with Gasteiger partial charge in [0, 0.05) is 6.07 Å². The molecule has 0 heterocycles. The smallest absolute Gasteiger partial charge is 0.262 e. The van der Waals surface area contributed by atoms with Crippen LogP contribution >= 0.6 is 0 Å². The van der Waals surface area contributed by atoms with Gasteiger partial charge in [-0.15, -0.1) is 6.58 Å². The molecule has 0 N–H and O–H groups in total. The molecule has 0 unspecified atom stereocenters. The van der Waals surface area contributed by atoms with Crippen LogP contribution in [0, 0.1) is 10.1 Å². The quantitative estimate of drug-likeness (QED) is 0.423. The highest BCUT2D eigenvalue weighted by molar-refractivity contribution is 7.93. The summed E-state index contributed by atoms with van der Waals surface area (Å²) in [5.41, 5.74) is 1.06. The van der Waals surface area contributed by atoms with Crippen molar-refractivity contribution in [3.63, 3.8) is 0 Å². The van der Waals surface area contributed by atoms with Crippen molar-refractivity contribution in [2.45, 2.75) is 24.7 Å². The van der Waals surface area contributed by atoms with Crippen molar-refractivity contribution < 1.29 is 13.3 Å². The predicted molar refractivity (Wildman–Crippen MR) is 98.4 cm³/mol. The van der Waals surface area contributed by atoms with Crippen molar-refractivity contribution in [2.75, 3.05) is 10.8 Å². The van der Waals surface area contributed by atoms with Crippen molar-refractivity contribution >= 4 is 21.4 Å². The number of hydrogen-bond acceptors (Lipinski definition) is 4. The maximum Gasteiger partial charge on any atom is 0.289 e.